The number of ether oxygens (including phenoxy) is 2. The SMILES string of the molecule is Cc1ccc(CC(C#N)(NC(=O)C(OC(=O)CI)C(C)C)C(=O)OC(C)(C)C)cc1. The maximum absolute atomic E-state index is 13.0. The highest BCUT2D eigenvalue weighted by Crippen LogP contribution is 2.21. The van der Waals surface area contributed by atoms with Crippen LogP contribution >= 0.6 is 22.6 Å². The van der Waals surface area contributed by atoms with Crippen molar-refractivity contribution in [3.63, 3.8) is 0 Å². The molecule has 1 aromatic rings. The fraction of sp³-hybridized carbons (Fsp3) is 0.545. The first-order valence-electron chi connectivity index (χ1n) is 9.61. The molecule has 2 unspecified atom stereocenters. The first-order chi connectivity index (χ1) is 13.8. The molecule has 0 spiro atoms. The number of carbonyl (C=O) groups excluding carboxylic acids is 3. The number of halogens is 1. The third-order valence-electron chi connectivity index (χ3n) is 4.10. The second kappa shape index (κ2) is 10.8. The van der Waals surface area contributed by atoms with Gasteiger partial charge in [-0.3, -0.25) is 9.59 Å². The summed E-state index contributed by atoms with van der Waals surface area (Å²) in [7, 11) is 0. The van der Waals surface area contributed by atoms with Gasteiger partial charge in [0.15, 0.2) is 6.10 Å². The summed E-state index contributed by atoms with van der Waals surface area (Å²) in [5, 5.41) is 12.5. The zero-order chi connectivity index (χ0) is 23.1. The number of aryl methyl sites for hydroxylation is 1. The summed E-state index contributed by atoms with van der Waals surface area (Å²) >= 11 is 1.84. The number of hydrogen-bond donors (Lipinski definition) is 1. The fourth-order valence-electron chi connectivity index (χ4n) is 2.60. The molecule has 0 heterocycles. The molecule has 0 bridgehead atoms. The van der Waals surface area contributed by atoms with Crippen molar-refractivity contribution in [2.45, 2.75) is 65.2 Å². The van der Waals surface area contributed by atoms with E-state index in [0.29, 0.717) is 5.56 Å². The fourth-order valence-corrected chi connectivity index (χ4v) is 2.78. The summed E-state index contributed by atoms with van der Waals surface area (Å²) in [6, 6.07) is 9.23. The Morgan fingerprint density at radius 2 is 1.73 bits per heavy atom. The number of rotatable bonds is 8. The van der Waals surface area contributed by atoms with E-state index in [-0.39, 0.29) is 16.8 Å². The van der Waals surface area contributed by atoms with E-state index in [0.717, 1.165) is 5.56 Å². The van der Waals surface area contributed by atoms with Gasteiger partial charge in [0.1, 0.15) is 11.7 Å². The minimum atomic E-state index is -1.97. The van der Waals surface area contributed by atoms with E-state index in [1.54, 1.807) is 46.8 Å². The number of nitriles is 1. The molecule has 0 fully saturated rings. The number of alkyl halides is 1. The molecule has 0 saturated carbocycles. The lowest BCUT2D eigenvalue weighted by Gasteiger charge is -2.32. The molecule has 1 rings (SSSR count). The third kappa shape index (κ3) is 7.59. The Labute approximate surface area is 191 Å². The van der Waals surface area contributed by atoms with Crippen LogP contribution in [0.5, 0.6) is 0 Å². The van der Waals surface area contributed by atoms with Crippen molar-refractivity contribution >= 4 is 40.4 Å². The van der Waals surface area contributed by atoms with Gasteiger partial charge >= 0.3 is 11.9 Å². The lowest BCUT2D eigenvalue weighted by molar-refractivity contribution is -0.164. The highest BCUT2D eigenvalue weighted by molar-refractivity contribution is 14.1. The van der Waals surface area contributed by atoms with Gasteiger partial charge in [0.2, 0.25) is 5.54 Å². The van der Waals surface area contributed by atoms with Gasteiger partial charge in [-0.05, 0) is 39.2 Å². The Morgan fingerprint density at radius 3 is 2.17 bits per heavy atom. The molecule has 2 atom stereocenters. The molecule has 0 saturated heterocycles. The maximum Gasteiger partial charge on any atom is 0.347 e. The monoisotopic (exact) mass is 528 g/mol. The Hall–Kier alpha value is -2.15. The van der Waals surface area contributed by atoms with Gasteiger partial charge in [-0.2, -0.15) is 5.26 Å². The van der Waals surface area contributed by atoms with Gasteiger partial charge in [-0.1, -0.05) is 66.3 Å². The quantitative estimate of drug-likeness (QED) is 0.316. The summed E-state index contributed by atoms with van der Waals surface area (Å²) < 4.78 is 10.8. The molecule has 0 aliphatic rings. The van der Waals surface area contributed by atoms with Gasteiger partial charge in [0.05, 0.1) is 4.43 Å². The van der Waals surface area contributed by atoms with Crippen LogP contribution in [0.25, 0.3) is 0 Å². The second-order valence-corrected chi connectivity index (χ2v) is 9.22. The average molecular weight is 528 g/mol. The molecule has 1 N–H and O–H groups in total. The first kappa shape index (κ1) is 25.9. The number of amides is 1. The molecule has 0 aliphatic carbocycles. The van der Waals surface area contributed by atoms with E-state index in [9.17, 15) is 19.6 Å². The molecule has 1 aromatic carbocycles. The Morgan fingerprint density at radius 1 is 1.17 bits per heavy atom. The molecule has 30 heavy (non-hydrogen) atoms. The molecule has 1 amide bonds. The van der Waals surface area contributed by atoms with Gasteiger partial charge in [0.25, 0.3) is 5.91 Å². The average Bonchev–Trinajstić information content (AvgIpc) is 2.65. The molecule has 0 radical (unpaired) electrons. The van der Waals surface area contributed by atoms with Crippen molar-refractivity contribution < 1.29 is 23.9 Å². The zero-order valence-corrected chi connectivity index (χ0v) is 20.4. The normalized spacial score (nSPS) is 14.2. The van der Waals surface area contributed by atoms with Crippen molar-refractivity contribution in [3.8, 4) is 6.07 Å². The number of hydrogen-bond acceptors (Lipinski definition) is 6. The van der Waals surface area contributed by atoms with E-state index < -0.39 is 35.1 Å². The maximum atomic E-state index is 13.0. The highest BCUT2D eigenvalue weighted by Gasteiger charge is 2.46. The van der Waals surface area contributed by atoms with Crippen molar-refractivity contribution in [1.29, 1.82) is 5.26 Å². The topological polar surface area (TPSA) is 105 Å². The third-order valence-corrected chi connectivity index (χ3v) is 4.72. The van der Waals surface area contributed by atoms with Crippen molar-refractivity contribution in [2.75, 3.05) is 4.43 Å². The second-order valence-electron chi connectivity index (χ2n) is 8.46. The smallest absolute Gasteiger partial charge is 0.347 e. The summed E-state index contributed by atoms with van der Waals surface area (Å²) in [5.74, 6) is -2.49. The highest BCUT2D eigenvalue weighted by atomic mass is 127. The Bertz CT molecular complexity index is 808. The zero-order valence-electron chi connectivity index (χ0n) is 18.2. The van der Waals surface area contributed by atoms with Crippen LogP contribution in [0.2, 0.25) is 0 Å². The van der Waals surface area contributed by atoms with Crippen LogP contribution in [0.15, 0.2) is 24.3 Å². The van der Waals surface area contributed by atoms with E-state index in [1.165, 1.54) is 0 Å². The molecule has 164 valence electrons. The van der Waals surface area contributed by atoms with Crippen LogP contribution in [0.1, 0.15) is 45.7 Å². The standard InChI is InChI=1S/C22H29IN2O5/c1-14(2)18(29-17(26)12-23)19(27)25-22(13-24,20(28)30-21(4,5)6)11-16-9-7-15(3)8-10-16/h7-10,14,18H,11-12H2,1-6H3,(H,25,27). The van der Waals surface area contributed by atoms with Gasteiger partial charge < -0.3 is 14.8 Å². The van der Waals surface area contributed by atoms with Gasteiger partial charge in [0, 0.05) is 6.42 Å². The van der Waals surface area contributed by atoms with E-state index in [4.69, 9.17) is 9.47 Å². The van der Waals surface area contributed by atoms with Crippen LogP contribution in [0, 0.1) is 24.2 Å². The number of nitrogens with zero attached hydrogens (tertiary/aromatic N) is 1. The molecular formula is C22H29IN2O5. The van der Waals surface area contributed by atoms with Crippen LogP contribution in [0.3, 0.4) is 0 Å². The summed E-state index contributed by atoms with van der Waals surface area (Å²) in [5.41, 5.74) is -1.13. The van der Waals surface area contributed by atoms with E-state index in [2.05, 4.69) is 5.32 Å². The Kier molecular flexibility index (Phi) is 9.28. The minimum Gasteiger partial charge on any atom is -0.457 e. The number of carbonyl (C=O) groups is 3. The van der Waals surface area contributed by atoms with E-state index in [1.807, 2.05) is 47.7 Å². The van der Waals surface area contributed by atoms with Crippen LogP contribution in [-0.2, 0) is 30.3 Å². The lowest BCUT2D eigenvalue weighted by Crippen LogP contribution is -2.60. The van der Waals surface area contributed by atoms with E-state index >= 15 is 0 Å². The molecule has 7 nitrogen and oxygen atoms in total. The largest absolute Gasteiger partial charge is 0.457 e. The molecule has 0 aliphatic heterocycles. The minimum absolute atomic E-state index is 0.0765. The Balaban J connectivity index is 3.31. The van der Waals surface area contributed by atoms with Crippen LogP contribution < -0.4 is 5.32 Å². The van der Waals surface area contributed by atoms with Crippen molar-refractivity contribution in [1.82, 2.24) is 5.32 Å². The van der Waals surface area contributed by atoms with Gasteiger partial charge in [-0.25, -0.2) is 4.79 Å². The molecule has 0 aromatic heterocycles. The molecule has 8 heteroatoms. The van der Waals surface area contributed by atoms with Crippen molar-refractivity contribution in [2.24, 2.45) is 5.92 Å². The summed E-state index contributed by atoms with van der Waals surface area (Å²) in [4.78, 5) is 37.7. The van der Waals surface area contributed by atoms with Crippen molar-refractivity contribution in [3.05, 3.63) is 35.4 Å². The number of nitrogens with one attached hydrogen (secondary N) is 1. The first-order valence-corrected chi connectivity index (χ1v) is 11.1. The summed E-state index contributed by atoms with van der Waals surface area (Å²) in [6.45, 7) is 10.4. The van der Waals surface area contributed by atoms with Gasteiger partial charge in [-0.15, -0.1) is 0 Å². The molecular weight excluding hydrogens is 499 g/mol. The predicted molar refractivity (Wildman–Crippen MR) is 121 cm³/mol. The van der Waals surface area contributed by atoms with Crippen LogP contribution in [-0.4, -0.2) is 39.5 Å². The number of esters is 2. The predicted octanol–water partition coefficient (Wildman–Crippen LogP) is 3.26. The van der Waals surface area contributed by atoms with Crippen LogP contribution in [0.4, 0.5) is 0 Å². The summed E-state index contributed by atoms with van der Waals surface area (Å²) in [6.07, 6.45) is -1.23. The number of benzene rings is 1. The lowest BCUT2D eigenvalue weighted by atomic mass is 9.90.